The first kappa shape index (κ1) is 14.4. The third-order valence-electron chi connectivity index (χ3n) is 2.38. The number of hydrogen-bond donors (Lipinski definition) is 1. The molecule has 1 N–H and O–H groups in total. The van der Waals surface area contributed by atoms with Crippen LogP contribution in [0.4, 0.5) is 11.5 Å². The van der Waals surface area contributed by atoms with Gasteiger partial charge in [-0.3, -0.25) is 14.8 Å². The summed E-state index contributed by atoms with van der Waals surface area (Å²) in [6, 6.07) is 0. The molecule has 0 aliphatic rings. The molecule has 0 saturated heterocycles. The van der Waals surface area contributed by atoms with Crippen LogP contribution < -0.4 is 5.32 Å². The topological polar surface area (TPSA) is 82.2 Å². The zero-order valence-corrected chi connectivity index (χ0v) is 11.0. The summed E-state index contributed by atoms with van der Waals surface area (Å²) in [5.41, 5.74) is -0.0142. The minimum atomic E-state index is -0.449. The van der Waals surface area contributed by atoms with Gasteiger partial charge in [-0.2, -0.15) is 0 Å². The Labute approximate surface area is 106 Å². The highest BCUT2D eigenvalue weighted by molar-refractivity contribution is 5.54. The number of aryl methyl sites for hydroxylation is 1. The Balaban J connectivity index is 2.29. The summed E-state index contributed by atoms with van der Waals surface area (Å²) in [5, 5.41) is 17.6. The molecule has 1 rings (SSSR count). The largest absolute Gasteiger partial charge is 0.380 e. The molecule has 1 aromatic rings. The van der Waals surface area contributed by atoms with Gasteiger partial charge in [0.05, 0.1) is 11.5 Å². The highest BCUT2D eigenvalue weighted by atomic mass is 16.6. The van der Waals surface area contributed by atoms with Gasteiger partial charge in [0.2, 0.25) is 5.82 Å². The van der Waals surface area contributed by atoms with E-state index < -0.39 is 4.92 Å². The van der Waals surface area contributed by atoms with Crippen LogP contribution in [-0.2, 0) is 11.8 Å². The molecule has 18 heavy (non-hydrogen) atoms. The van der Waals surface area contributed by atoms with Crippen molar-refractivity contribution >= 4 is 11.5 Å². The summed E-state index contributed by atoms with van der Waals surface area (Å²) >= 11 is 0. The van der Waals surface area contributed by atoms with Gasteiger partial charge in [0.15, 0.2) is 0 Å². The number of aromatic nitrogens is 2. The Kier molecular flexibility index (Phi) is 5.57. The highest BCUT2D eigenvalue weighted by Crippen LogP contribution is 2.20. The number of nitro groups is 1. The molecule has 0 saturated carbocycles. The van der Waals surface area contributed by atoms with Crippen molar-refractivity contribution in [1.82, 2.24) is 9.78 Å². The van der Waals surface area contributed by atoms with Crippen LogP contribution in [0.5, 0.6) is 0 Å². The van der Waals surface area contributed by atoms with E-state index in [0.29, 0.717) is 25.7 Å². The van der Waals surface area contributed by atoms with Crippen molar-refractivity contribution in [2.45, 2.75) is 20.3 Å². The molecule has 0 aliphatic carbocycles. The third-order valence-corrected chi connectivity index (χ3v) is 2.38. The van der Waals surface area contributed by atoms with E-state index in [4.69, 9.17) is 4.74 Å². The maximum Gasteiger partial charge on any atom is 0.330 e. The van der Waals surface area contributed by atoms with E-state index in [1.165, 1.54) is 10.9 Å². The summed E-state index contributed by atoms with van der Waals surface area (Å²) in [4.78, 5) is 10.3. The van der Waals surface area contributed by atoms with Crippen molar-refractivity contribution < 1.29 is 9.66 Å². The van der Waals surface area contributed by atoms with Gasteiger partial charge in [0.25, 0.3) is 0 Å². The maximum absolute atomic E-state index is 10.7. The van der Waals surface area contributed by atoms with Crippen molar-refractivity contribution in [2.75, 3.05) is 25.1 Å². The molecular formula is C11H20N4O3. The van der Waals surface area contributed by atoms with Gasteiger partial charge in [-0.1, -0.05) is 13.8 Å². The highest BCUT2D eigenvalue weighted by Gasteiger charge is 2.17. The normalized spacial score (nSPS) is 10.9. The van der Waals surface area contributed by atoms with Crippen LogP contribution in [0.25, 0.3) is 0 Å². The quantitative estimate of drug-likeness (QED) is 0.435. The fourth-order valence-corrected chi connectivity index (χ4v) is 1.40. The van der Waals surface area contributed by atoms with E-state index in [1.807, 2.05) is 0 Å². The molecule has 0 unspecified atom stereocenters. The molecule has 1 aromatic heterocycles. The van der Waals surface area contributed by atoms with Crippen LogP contribution in [0.3, 0.4) is 0 Å². The summed E-state index contributed by atoms with van der Waals surface area (Å²) in [5.74, 6) is 0.907. The standard InChI is InChI=1S/C11H20N4O3/c1-9(2)4-6-18-7-5-12-11-10(15(16)17)8-14(3)13-11/h8-9H,4-7H2,1-3H3,(H,12,13). The second kappa shape index (κ2) is 6.95. The Hall–Kier alpha value is -1.63. The smallest absolute Gasteiger partial charge is 0.330 e. The van der Waals surface area contributed by atoms with Crippen molar-refractivity contribution in [1.29, 1.82) is 0 Å². The van der Waals surface area contributed by atoms with Crippen LogP contribution in [0.15, 0.2) is 6.20 Å². The number of nitrogens with one attached hydrogen (secondary N) is 1. The van der Waals surface area contributed by atoms with Crippen LogP contribution >= 0.6 is 0 Å². The van der Waals surface area contributed by atoms with Crippen molar-refractivity contribution in [2.24, 2.45) is 13.0 Å². The van der Waals surface area contributed by atoms with E-state index in [9.17, 15) is 10.1 Å². The Morgan fingerprint density at radius 1 is 1.56 bits per heavy atom. The number of nitrogens with zero attached hydrogens (tertiary/aromatic N) is 3. The summed E-state index contributed by atoms with van der Waals surface area (Å²) in [6.07, 6.45) is 2.39. The zero-order chi connectivity index (χ0) is 13.5. The second-order valence-electron chi connectivity index (χ2n) is 4.52. The van der Waals surface area contributed by atoms with Gasteiger partial charge in [0, 0.05) is 20.2 Å². The van der Waals surface area contributed by atoms with Gasteiger partial charge < -0.3 is 10.1 Å². The molecule has 1 heterocycles. The van der Waals surface area contributed by atoms with E-state index in [-0.39, 0.29) is 11.5 Å². The zero-order valence-electron chi connectivity index (χ0n) is 11.0. The third kappa shape index (κ3) is 4.70. The average molecular weight is 256 g/mol. The van der Waals surface area contributed by atoms with Crippen LogP contribution in [0, 0.1) is 16.0 Å². The van der Waals surface area contributed by atoms with Crippen molar-refractivity contribution in [3.05, 3.63) is 16.3 Å². The lowest BCUT2D eigenvalue weighted by molar-refractivity contribution is -0.384. The predicted octanol–water partition coefficient (Wildman–Crippen LogP) is 1.80. The lowest BCUT2D eigenvalue weighted by Gasteiger charge is -2.06. The number of hydrogen-bond acceptors (Lipinski definition) is 5. The van der Waals surface area contributed by atoms with Crippen molar-refractivity contribution in [3.63, 3.8) is 0 Å². The molecule has 0 aliphatic heterocycles. The molecular weight excluding hydrogens is 236 g/mol. The lowest BCUT2D eigenvalue weighted by Crippen LogP contribution is -2.12. The Morgan fingerprint density at radius 3 is 2.89 bits per heavy atom. The SMILES string of the molecule is CC(C)CCOCCNc1nn(C)cc1[N+](=O)[O-]. The monoisotopic (exact) mass is 256 g/mol. The summed E-state index contributed by atoms with van der Waals surface area (Å²) < 4.78 is 6.82. The molecule has 0 bridgehead atoms. The van der Waals surface area contributed by atoms with Gasteiger partial charge in [0.1, 0.15) is 6.20 Å². The Morgan fingerprint density at radius 2 is 2.28 bits per heavy atom. The molecule has 102 valence electrons. The van der Waals surface area contributed by atoms with Gasteiger partial charge in [-0.05, 0) is 12.3 Å². The van der Waals surface area contributed by atoms with Gasteiger partial charge in [-0.25, -0.2) is 0 Å². The molecule has 0 amide bonds. The Bertz CT molecular complexity index is 390. The first-order valence-electron chi connectivity index (χ1n) is 6.00. The fraction of sp³-hybridized carbons (Fsp3) is 0.727. The van der Waals surface area contributed by atoms with E-state index in [1.54, 1.807) is 7.05 Å². The van der Waals surface area contributed by atoms with Crippen LogP contribution in [-0.4, -0.2) is 34.5 Å². The van der Waals surface area contributed by atoms with Gasteiger partial charge in [-0.15, -0.1) is 5.10 Å². The molecule has 0 radical (unpaired) electrons. The average Bonchev–Trinajstić information content (AvgIpc) is 2.64. The fourth-order valence-electron chi connectivity index (χ4n) is 1.40. The first-order chi connectivity index (χ1) is 8.50. The lowest BCUT2D eigenvalue weighted by atomic mass is 10.1. The van der Waals surface area contributed by atoms with E-state index in [0.717, 1.165) is 6.42 Å². The van der Waals surface area contributed by atoms with Crippen LogP contribution in [0.2, 0.25) is 0 Å². The summed E-state index contributed by atoms with van der Waals surface area (Å²) in [6.45, 7) is 6.01. The molecule has 7 nitrogen and oxygen atoms in total. The van der Waals surface area contributed by atoms with E-state index in [2.05, 4.69) is 24.3 Å². The van der Waals surface area contributed by atoms with E-state index >= 15 is 0 Å². The molecule has 0 aromatic carbocycles. The second-order valence-corrected chi connectivity index (χ2v) is 4.52. The minimum absolute atomic E-state index is 0.0142. The number of ether oxygens (including phenoxy) is 1. The van der Waals surface area contributed by atoms with Crippen molar-refractivity contribution in [3.8, 4) is 0 Å². The number of anilines is 1. The molecule has 0 atom stereocenters. The molecule has 7 heteroatoms. The minimum Gasteiger partial charge on any atom is -0.380 e. The maximum atomic E-state index is 10.7. The molecule has 0 spiro atoms. The first-order valence-corrected chi connectivity index (χ1v) is 6.00. The predicted molar refractivity (Wildman–Crippen MR) is 68.6 cm³/mol. The van der Waals surface area contributed by atoms with Gasteiger partial charge >= 0.3 is 5.69 Å². The molecule has 0 fully saturated rings. The number of rotatable bonds is 8. The summed E-state index contributed by atoms with van der Waals surface area (Å²) in [7, 11) is 1.65. The van der Waals surface area contributed by atoms with Crippen LogP contribution in [0.1, 0.15) is 20.3 Å².